The lowest BCUT2D eigenvalue weighted by molar-refractivity contribution is 0.112. The Morgan fingerprint density at radius 2 is 1.88 bits per heavy atom. The molecule has 0 fully saturated rings. The van der Waals surface area contributed by atoms with Crippen molar-refractivity contribution in [1.82, 2.24) is 4.98 Å². The summed E-state index contributed by atoms with van der Waals surface area (Å²) in [6.45, 7) is 0. The number of fused-ring (bicyclic) bond motifs is 1. The molecule has 0 aliphatic heterocycles. The van der Waals surface area contributed by atoms with Crippen LogP contribution in [0.15, 0.2) is 12.1 Å². The van der Waals surface area contributed by atoms with Gasteiger partial charge in [-0.15, -0.1) is 0 Å². The molecule has 0 bridgehead atoms. The standard InChI is InChI=1S/C12H13NO4/c1-15-7-4-8-9(6-14)12(17-3)13-11(8)10(5-7)16-2/h4-6,13H,1-3H3. The van der Waals surface area contributed by atoms with Crippen molar-refractivity contribution in [3.8, 4) is 17.4 Å². The largest absolute Gasteiger partial charge is 0.497 e. The van der Waals surface area contributed by atoms with Crippen molar-refractivity contribution >= 4 is 17.2 Å². The third kappa shape index (κ3) is 1.69. The zero-order valence-corrected chi connectivity index (χ0v) is 9.87. The summed E-state index contributed by atoms with van der Waals surface area (Å²) in [5, 5.41) is 0.716. The van der Waals surface area contributed by atoms with Crippen LogP contribution in [-0.2, 0) is 0 Å². The fourth-order valence-corrected chi connectivity index (χ4v) is 1.79. The molecular formula is C12H13NO4. The molecule has 0 saturated carbocycles. The van der Waals surface area contributed by atoms with E-state index in [9.17, 15) is 4.79 Å². The number of methoxy groups -OCH3 is 3. The lowest BCUT2D eigenvalue weighted by Crippen LogP contribution is -1.88. The Labute approximate surface area is 98.3 Å². The van der Waals surface area contributed by atoms with Crippen LogP contribution in [0.3, 0.4) is 0 Å². The molecule has 1 heterocycles. The highest BCUT2D eigenvalue weighted by atomic mass is 16.5. The van der Waals surface area contributed by atoms with E-state index in [-0.39, 0.29) is 0 Å². The Morgan fingerprint density at radius 1 is 1.12 bits per heavy atom. The van der Waals surface area contributed by atoms with Gasteiger partial charge >= 0.3 is 0 Å². The molecule has 5 heteroatoms. The van der Waals surface area contributed by atoms with Crippen LogP contribution in [0.5, 0.6) is 17.4 Å². The maximum absolute atomic E-state index is 11.1. The topological polar surface area (TPSA) is 60.6 Å². The molecule has 90 valence electrons. The lowest BCUT2D eigenvalue weighted by Gasteiger charge is -2.05. The predicted octanol–water partition coefficient (Wildman–Crippen LogP) is 2.01. The van der Waals surface area contributed by atoms with Gasteiger partial charge in [-0.25, -0.2) is 0 Å². The first kappa shape index (κ1) is 11.3. The number of carbonyl (C=O) groups is 1. The zero-order valence-electron chi connectivity index (χ0n) is 9.87. The van der Waals surface area contributed by atoms with Crippen LogP contribution < -0.4 is 14.2 Å². The molecule has 0 atom stereocenters. The molecule has 0 amide bonds. The molecule has 1 aromatic heterocycles. The van der Waals surface area contributed by atoms with Gasteiger partial charge in [-0.3, -0.25) is 4.79 Å². The average Bonchev–Trinajstić information content (AvgIpc) is 2.74. The van der Waals surface area contributed by atoms with E-state index in [4.69, 9.17) is 14.2 Å². The number of benzene rings is 1. The van der Waals surface area contributed by atoms with E-state index >= 15 is 0 Å². The molecule has 0 unspecified atom stereocenters. The number of aldehydes is 1. The van der Waals surface area contributed by atoms with Gasteiger partial charge in [-0.05, 0) is 6.07 Å². The first-order chi connectivity index (χ1) is 8.24. The Hall–Kier alpha value is -2.17. The van der Waals surface area contributed by atoms with Gasteiger partial charge in [-0.1, -0.05) is 0 Å². The molecule has 2 aromatic rings. The van der Waals surface area contributed by atoms with Crippen LogP contribution in [0.4, 0.5) is 0 Å². The minimum atomic E-state index is 0.418. The number of carbonyl (C=O) groups excluding carboxylic acids is 1. The summed E-state index contributed by atoms with van der Waals surface area (Å²) < 4.78 is 15.5. The van der Waals surface area contributed by atoms with Crippen LogP contribution >= 0.6 is 0 Å². The minimum Gasteiger partial charge on any atom is -0.497 e. The highest BCUT2D eigenvalue weighted by Gasteiger charge is 2.16. The van der Waals surface area contributed by atoms with Crippen molar-refractivity contribution in [3.63, 3.8) is 0 Å². The van der Waals surface area contributed by atoms with E-state index in [1.807, 2.05) is 0 Å². The summed E-state index contributed by atoms with van der Waals surface area (Å²) in [6.07, 6.45) is 0.747. The first-order valence-corrected chi connectivity index (χ1v) is 5.02. The molecule has 2 rings (SSSR count). The van der Waals surface area contributed by atoms with Crippen LogP contribution in [-0.4, -0.2) is 32.6 Å². The number of aromatic nitrogens is 1. The molecule has 0 radical (unpaired) electrons. The van der Waals surface area contributed by atoms with Gasteiger partial charge in [0.15, 0.2) is 6.29 Å². The summed E-state index contributed by atoms with van der Waals surface area (Å²) >= 11 is 0. The molecule has 0 saturated heterocycles. The van der Waals surface area contributed by atoms with E-state index in [1.54, 1.807) is 26.4 Å². The second kappa shape index (κ2) is 4.37. The van der Waals surface area contributed by atoms with Crippen LogP contribution in [0.2, 0.25) is 0 Å². The van der Waals surface area contributed by atoms with Gasteiger partial charge in [0.1, 0.15) is 11.5 Å². The summed E-state index contributed by atoms with van der Waals surface area (Å²) in [4.78, 5) is 14.1. The van der Waals surface area contributed by atoms with E-state index < -0.39 is 0 Å². The van der Waals surface area contributed by atoms with Crippen LogP contribution in [0.1, 0.15) is 10.4 Å². The van der Waals surface area contributed by atoms with Gasteiger partial charge in [0.2, 0.25) is 5.88 Å². The second-order valence-corrected chi connectivity index (χ2v) is 3.44. The third-order valence-corrected chi connectivity index (χ3v) is 2.63. The first-order valence-electron chi connectivity index (χ1n) is 5.02. The Morgan fingerprint density at radius 3 is 2.41 bits per heavy atom. The molecular weight excluding hydrogens is 222 g/mol. The lowest BCUT2D eigenvalue weighted by atomic mass is 10.1. The zero-order chi connectivity index (χ0) is 12.4. The average molecular weight is 235 g/mol. The fourth-order valence-electron chi connectivity index (χ4n) is 1.79. The van der Waals surface area contributed by atoms with Crippen molar-refractivity contribution in [2.75, 3.05) is 21.3 Å². The third-order valence-electron chi connectivity index (χ3n) is 2.63. The normalized spacial score (nSPS) is 10.3. The summed E-state index contributed by atoms with van der Waals surface area (Å²) in [5.41, 5.74) is 1.17. The molecule has 0 aliphatic carbocycles. The van der Waals surface area contributed by atoms with E-state index in [2.05, 4.69) is 4.98 Å². The number of hydrogen-bond acceptors (Lipinski definition) is 4. The summed E-state index contributed by atoms with van der Waals surface area (Å²) in [6, 6.07) is 3.51. The molecule has 1 N–H and O–H groups in total. The van der Waals surface area contributed by atoms with Gasteiger partial charge < -0.3 is 19.2 Å². The summed E-state index contributed by atoms with van der Waals surface area (Å²) in [5.74, 6) is 1.64. The van der Waals surface area contributed by atoms with Gasteiger partial charge in [0, 0.05) is 11.5 Å². The molecule has 5 nitrogen and oxygen atoms in total. The number of aromatic amines is 1. The van der Waals surface area contributed by atoms with E-state index in [1.165, 1.54) is 7.11 Å². The van der Waals surface area contributed by atoms with Crippen molar-refractivity contribution < 1.29 is 19.0 Å². The Kier molecular flexibility index (Phi) is 2.91. The molecule has 1 aromatic carbocycles. The maximum atomic E-state index is 11.1. The number of H-pyrrole nitrogens is 1. The summed E-state index contributed by atoms with van der Waals surface area (Å²) in [7, 11) is 4.62. The van der Waals surface area contributed by atoms with E-state index in [0.717, 1.165) is 6.29 Å². The maximum Gasteiger partial charge on any atom is 0.202 e. The fraction of sp³-hybridized carbons (Fsp3) is 0.250. The Bertz CT molecular complexity index is 559. The number of rotatable bonds is 4. The van der Waals surface area contributed by atoms with E-state index in [0.29, 0.717) is 33.8 Å². The van der Waals surface area contributed by atoms with Gasteiger partial charge in [0.25, 0.3) is 0 Å². The predicted molar refractivity (Wildman–Crippen MR) is 63.3 cm³/mol. The van der Waals surface area contributed by atoms with Crippen molar-refractivity contribution in [1.29, 1.82) is 0 Å². The SMILES string of the molecule is COc1cc(OC)c2[nH]c(OC)c(C=O)c2c1. The number of ether oxygens (including phenoxy) is 3. The highest BCUT2D eigenvalue weighted by molar-refractivity contribution is 6.03. The number of nitrogens with one attached hydrogen (secondary N) is 1. The Balaban J connectivity index is 2.81. The van der Waals surface area contributed by atoms with Crippen LogP contribution in [0, 0.1) is 0 Å². The van der Waals surface area contributed by atoms with Crippen molar-refractivity contribution in [2.45, 2.75) is 0 Å². The quantitative estimate of drug-likeness (QED) is 0.823. The smallest absolute Gasteiger partial charge is 0.202 e. The van der Waals surface area contributed by atoms with Crippen molar-refractivity contribution in [3.05, 3.63) is 17.7 Å². The van der Waals surface area contributed by atoms with Gasteiger partial charge in [0.05, 0.1) is 32.4 Å². The molecule has 0 spiro atoms. The highest BCUT2D eigenvalue weighted by Crippen LogP contribution is 2.36. The van der Waals surface area contributed by atoms with Crippen LogP contribution in [0.25, 0.3) is 10.9 Å². The monoisotopic (exact) mass is 235 g/mol. The van der Waals surface area contributed by atoms with Gasteiger partial charge in [-0.2, -0.15) is 0 Å². The minimum absolute atomic E-state index is 0.418. The second-order valence-electron chi connectivity index (χ2n) is 3.44. The number of hydrogen-bond donors (Lipinski definition) is 1. The molecule has 17 heavy (non-hydrogen) atoms. The molecule has 0 aliphatic rings. The van der Waals surface area contributed by atoms with Crippen molar-refractivity contribution in [2.24, 2.45) is 0 Å².